The van der Waals surface area contributed by atoms with E-state index in [1.165, 1.54) is 66.5 Å². The molecule has 0 radical (unpaired) electrons. The van der Waals surface area contributed by atoms with E-state index in [9.17, 15) is 0 Å². The molecular formula is C52H45N. The van der Waals surface area contributed by atoms with Crippen molar-refractivity contribution in [2.24, 2.45) is 10.9 Å². The molecule has 0 aromatic heterocycles. The first-order valence-electron chi connectivity index (χ1n) is 19.4. The fourth-order valence-corrected chi connectivity index (χ4v) is 8.88. The van der Waals surface area contributed by atoms with Crippen LogP contribution in [0.15, 0.2) is 197 Å². The minimum atomic E-state index is 0.283. The molecule has 1 heteroatoms. The van der Waals surface area contributed by atoms with Gasteiger partial charge in [-0.15, -0.1) is 0 Å². The van der Waals surface area contributed by atoms with Crippen molar-refractivity contribution >= 4 is 28.3 Å². The van der Waals surface area contributed by atoms with Crippen LogP contribution in [0.1, 0.15) is 78.3 Å². The molecule has 5 aromatic carbocycles. The molecule has 1 heterocycles. The van der Waals surface area contributed by atoms with Gasteiger partial charge in [0.05, 0.1) is 11.4 Å². The van der Waals surface area contributed by atoms with E-state index in [1.54, 1.807) is 0 Å². The molecule has 0 spiro atoms. The second kappa shape index (κ2) is 14.7. The van der Waals surface area contributed by atoms with Gasteiger partial charge in [0, 0.05) is 23.5 Å². The maximum atomic E-state index is 5.58. The van der Waals surface area contributed by atoms with Crippen LogP contribution in [-0.2, 0) is 6.42 Å². The van der Waals surface area contributed by atoms with Crippen LogP contribution in [0.5, 0.6) is 0 Å². The number of rotatable bonds is 7. The number of hydrogen-bond donors (Lipinski definition) is 0. The van der Waals surface area contributed by atoms with Crippen LogP contribution in [0.3, 0.4) is 0 Å². The summed E-state index contributed by atoms with van der Waals surface area (Å²) in [5, 5.41) is 2.68. The van der Waals surface area contributed by atoms with E-state index >= 15 is 0 Å². The summed E-state index contributed by atoms with van der Waals surface area (Å²) >= 11 is 0. The lowest BCUT2D eigenvalue weighted by Crippen LogP contribution is -2.17. The molecule has 0 bridgehead atoms. The van der Waals surface area contributed by atoms with Crippen molar-refractivity contribution in [2.45, 2.75) is 51.4 Å². The van der Waals surface area contributed by atoms with Crippen molar-refractivity contribution < 1.29 is 0 Å². The van der Waals surface area contributed by atoms with Crippen molar-refractivity contribution in [1.29, 1.82) is 0 Å². The smallest absolute Gasteiger partial charge is 0.0790 e. The average Bonchev–Trinajstić information content (AvgIpc) is 3.43. The van der Waals surface area contributed by atoms with Crippen LogP contribution < -0.4 is 0 Å². The van der Waals surface area contributed by atoms with Crippen molar-refractivity contribution in [3.8, 4) is 0 Å². The van der Waals surface area contributed by atoms with E-state index in [2.05, 4.69) is 177 Å². The molecule has 0 saturated heterocycles. The minimum Gasteiger partial charge on any atom is -0.251 e. The minimum absolute atomic E-state index is 0.283. The van der Waals surface area contributed by atoms with Crippen molar-refractivity contribution in [1.82, 2.24) is 0 Å². The summed E-state index contributed by atoms with van der Waals surface area (Å²) in [4.78, 5) is 5.58. The predicted molar refractivity (Wildman–Crippen MR) is 225 cm³/mol. The summed E-state index contributed by atoms with van der Waals surface area (Å²) in [5.74, 6) is 0.668. The largest absolute Gasteiger partial charge is 0.251 e. The van der Waals surface area contributed by atoms with Crippen LogP contribution >= 0.6 is 0 Å². The molecule has 1 aliphatic heterocycles. The lowest BCUT2D eigenvalue weighted by atomic mass is 9.72. The number of nitrogens with zero attached hydrogens (tertiary/aromatic N) is 1. The molecule has 1 nitrogen and oxygen atoms in total. The number of benzene rings is 5. The first kappa shape index (κ1) is 33.1. The number of fused-ring (bicyclic) bond motifs is 2. The van der Waals surface area contributed by atoms with Gasteiger partial charge in [-0.3, -0.25) is 4.99 Å². The van der Waals surface area contributed by atoms with Crippen LogP contribution in [0.25, 0.3) is 22.5 Å². The van der Waals surface area contributed by atoms with E-state index < -0.39 is 0 Å². The van der Waals surface area contributed by atoms with Gasteiger partial charge in [-0.1, -0.05) is 177 Å². The molecule has 258 valence electrons. The van der Waals surface area contributed by atoms with E-state index in [1.807, 2.05) is 0 Å². The van der Waals surface area contributed by atoms with Crippen molar-refractivity contribution in [3.05, 3.63) is 225 Å². The Hall–Kier alpha value is -5.79. The standard InChI is InChI=1S/C52H45N/c1-36-29-30-37-17-11-15-27-45(37)49(36)50-43(32-31-38-18-12-16-28-46(38)50)35-42-25-13-14-26-44(42)47-33-34-48(39-19-5-2-6-20-39)53-52(41-23-9-4-10-24-41)51(47)40-21-7-3-8-22-40/h2,4-7,9-12,15-33,36,49H,3,8,13-14,34-35H2,1H3. The highest BCUT2D eigenvalue weighted by atomic mass is 14.8. The fourth-order valence-electron chi connectivity index (χ4n) is 8.88. The van der Waals surface area contributed by atoms with Crippen LogP contribution in [-0.4, -0.2) is 5.71 Å². The zero-order valence-electron chi connectivity index (χ0n) is 30.5. The molecule has 0 fully saturated rings. The molecule has 0 N–H and O–H groups in total. The quantitative estimate of drug-likeness (QED) is 0.162. The molecule has 0 amide bonds. The number of aliphatic imine (C=N–C) groups is 1. The monoisotopic (exact) mass is 683 g/mol. The third-order valence-corrected chi connectivity index (χ3v) is 11.4. The fraction of sp³-hybridized carbons (Fsp3) is 0.173. The van der Waals surface area contributed by atoms with Crippen LogP contribution in [0, 0.1) is 5.92 Å². The van der Waals surface area contributed by atoms with E-state index in [4.69, 9.17) is 4.99 Å². The van der Waals surface area contributed by atoms with Gasteiger partial charge >= 0.3 is 0 Å². The van der Waals surface area contributed by atoms with E-state index in [0.29, 0.717) is 5.92 Å². The Morgan fingerprint density at radius 2 is 1.36 bits per heavy atom. The Morgan fingerprint density at radius 3 is 2.19 bits per heavy atom. The number of allylic oxidation sites excluding steroid dienone is 12. The summed E-state index contributed by atoms with van der Waals surface area (Å²) < 4.78 is 0. The van der Waals surface area contributed by atoms with Crippen LogP contribution in [0.2, 0.25) is 0 Å². The SMILES string of the molecule is CC1C=Cc2ccccc2C1c1c(CC2=CCCC=C2C2=CCC(c3ccccc3)=NC(c3ccccc3)=C2C2=CCCC=C2)ccc2ccccc12. The Morgan fingerprint density at radius 1 is 0.623 bits per heavy atom. The van der Waals surface area contributed by atoms with Gasteiger partial charge in [0.15, 0.2) is 0 Å². The second-order valence-electron chi connectivity index (χ2n) is 14.8. The van der Waals surface area contributed by atoms with Gasteiger partial charge in [0.2, 0.25) is 0 Å². The lowest BCUT2D eigenvalue weighted by molar-refractivity contribution is 0.618. The normalized spacial score (nSPS) is 19.8. The summed E-state index contributed by atoms with van der Waals surface area (Å²) in [7, 11) is 0. The third-order valence-electron chi connectivity index (χ3n) is 11.4. The first-order valence-corrected chi connectivity index (χ1v) is 19.4. The second-order valence-corrected chi connectivity index (χ2v) is 14.8. The number of hydrogen-bond acceptors (Lipinski definition) is 1. The molecular weight excluding hydrogens is 639 g/mol. The zero-order chi connectivity index (χ0) is 35.6. The maximum absolute atomic E-state index is 5.58. The Bertz CT molecular complexity index is 2440. The molecule has 3 aliphatic carbocycles. The topological polar surface area (TPSA) is 12.4 Å². The highest BCUT2D eigenvalue weighted by Crippen LogP contribution is 2.46. The molecule has 5 aromatic rings. The summed E-state index contributed by atoms with van der Waals surface area (Å²) in [6.07, 6.45) is 25.2. The third kappa shape index (κ3) is 6.46. The Balaban J connectivity index is 1.21. The highest BCUT2D eigenvalue weighted by molar-refractivity contribution is 6.06. The van der Waals surface area contributed by atoms with E-state index in [-0.39, 0.29) is 5.92 Å². The van der Waals surface area contributed by atoms with Crippen molar-refractivity contribution in [3.63, 3.8) is 0 Å². The van der Waals surface area contributed by atoms with Gasteiger partial charge < -0.3 is 0 Å². The van der Waals surface area contributed by atoms with E-state index in [0.717, 1.165) is 55.5 Å². The summed E-state index contributed by atoms with van der Waals surface area (Å²) in [6.45, 7) is 2.39. The van der Waals surface area contributed by atoms with Gasteiger partial charge in [0.25, 0.3) is 0 Å². The van der Waals surface area contributed by atoms with Gasteiger partial charge in [-0.05, 0) is 98.9 Å². The molecule has 53 heavy (non-hydrogen) atoms. The van der Waals surface area contributed by atoms with Crippen molar-refractivity contribution in [2.75, 3.05) is 0 Å². The van der Waals surface area contributed by atoms with Gasteiger partial charge in [-0.25, -0.2) is 0 Å². The lowest BCUT2D eigenvalue weighted by Gasteiger charge is -2.32. The maximum Gasteiger partial charge on any atom is 0.0790 e. The Labute approximate surface area is 314 Å². The summed E-state index contributed by atoms with van der Waals surface area (Å²) in [6, 6.07) is 44.4. The predicted octanol–water partition coefficient (Wildman–Crippen LogP) is 13.3. The molecule has 9 rings (SSSR count). The van der Waals surface area contributed by atoms with Crippen LogP contribution in [0.4, 0.5) is 0 Å². The first-order chi connectivity index (χ1) is 26.2. The molecule has 2 atom stereocenters. The summed E-state index contributed by atoms with van der Waals surface area (Å²) in [5.41, 5.74) is 16.8. The molecule has 2 unspecified atom stereocenters. The Kier molecular flexibility index (Phi) is 9.16. The molecule has 4 aliphatic rings. The van der Waals surface area contributed by atoms with Gasteiger partial charge in [0.1, 0.15) is 0 Å². The average molecular weight is 684 g/mol. The zero-order valence-corrected chi connectivity index (χ0v) is 30.5. The highest BCUT2D eigenvalue weighted by Gasteiger charge is 2.30. The molecule has 0 saturated carbocycles. The van der Waals surface area contributed by atoms with Gasteiger partial charge in [-0.2, -0.15) is 0 Å².